The van der Waals surface area contributed by atoms with E-state index >= 15 is 0 Å². The van der Waals surface area contributed by atoms with Crippen LogP contribution in [0.25, 0.3) is 0 Å². The Morgan fingerprint density at radius 1 is 1.18 bits per heavy atom. The predicted molar refractivity (Wildman–Crippen MR) is 91.4 cm³/mol. The number of aryl methyl sites for hydroxylation is 2. The molecular formula is C15H14N4OS2. The lowest BCUT2D eigenvalue weighted by molar-refractivity contribution is 0.102. The third-order valence-electron chi connectivity index (χ3n) is 3.02. The standard InChI is InChI=1S/C15H14N4OS2/c1-9-5-3-4-6-11(9)18-14-12(16-8-22-14)13(20)19-15-17-10(2)7-21-15/h3-8,18H,1-2H3,(H,17,19,20). The van der Waals surface area contributed by atoms with Gasteiger partial charge in [0, 0.05) is 11.1 Å². The number of amides is 1. The van der Waals surface area contributed by atoms with Gasteiger partial charge in [0.05, 0.1) is 11.2 Å². The van der Waals surface area contributed by atoms with Crippen LogP contribution in [0.5, 0.6) is 0 Å². The molecule has 7 heteroatoms. The number of benzene rings is 1. The zero-order valence-electron chi connectivity index (χ0n) is 12.1. The Bertz CT molecular complexity index is 809. The second kappa shape index (κ2) is 6.25. The van der Waals surface area contributed by atoms with Crippen molar-refractivity contribution in [2.75, 3.05) is 10.6 Å². The highest BCUT2D eigenvalue weighted by Crippen LogP contribution is 2.27. The normalized spacial score (nSPS) is 10.5. The lowest BCUT2D eigenvalue weighted by atomic mass is 10.2. The molecule has 0 atom stereocenters. The number of aromatic nitrogens is 2. The van der Waals surface area contributed by atoms with Gasteiger partial charge in [-0.25, -0.2) is 9.97 Å². The molecule has 0 fully saturated rings. The van der Waals surface area contributed by atoms with Crippen LogP contribution in [0.1, 0.15) is 21.7 Å². The summed E-state index contributed by atoms with van der Waals surface area (Å²) in [5, 5.41) is 9.24. The number of carbonyl (C=O) groups excluding carboxylic acids is 1. The van der Waals surface area contributed by atoms with Gasteiger partial charge in [0.25, 0.3) is 5.91 Å². The van der Waals surface area contributed by atoms with Gasteiger partial charge in [-0.3, -0.25) is 10.1 Å². The summed E-state index contributed by atoms with van der Waals surface area (Å²) in [6.07, 6.45) is 0. The fraction of sp³-hybridized carbons (Fsp3) is 0.133. The van der Waals surface area contributed by atoms with Crippen molar-refractivity contribution in [1.82, 2.24) is 9.97 Å². The zero-order valence-corrected chi connectivity index (χ0v) is 13.7. The largest absolute Gasteiger partial charge is 0.345 e. The maximum atomic E-state index is 12.3. The van der Waals surface area contributed by atoms with Crippen molar-refractivity contribution in [3.8, 4) is 0 Å². The van der Waals surface area contributed by atoms with Crippen LogP contribution >= 0.6 is 22.7 Å². The SMILES string of the molecule is Cc1csc(NC(=O)c2ncsc2Nc2ccccc2C)n1. The first-order chi connectivity index (χ1) is 10.6. The lowest BCUT2D eigenvalue weighted by Crippen LogP contribution is -2.13. The first-order valence-corrected chi connectivity index (χ1v) is 8.39. The first-order valence-electron chi connectivity index (χ1n) is 6.63. The van der Waals surface area contributed by atoms with E-state index < -0.39 is 0 Å². The third-order valence-corrected chi connectivity index (χ3v) is 4.63. The fourth-order valence-electron chi connectivity index (χ4n) is 1.90. The third kappa shape index (κ3) is 3.15. The number of carbonyl (C=O) groups is 1. The molecule has 3 aromatic rings. The van der Waals surface area contributed by atoms with Crippen LogP contribution in [-0.2, 0) is 0 Å². The molecule has 22 heavy (non-hydrogen) atoms. The predicted octanol–water partition coefficient (Wildman–Crippen LogP) is 4.21. The van der Waals surface area contributed by atoms with Gasteiger partial charge in [-0.1, -0.05) is 18.2 Å². The van der Waals surface area contributed by atoms with E-state index in [-0.39, 0.29) is 5.91 Å². The zero-order chi connectivity index (χ0) is 15.5. The maximum absolute atomic E-state index is 12.3. The Morgan fingerprint density at radius 3 is 2.73 bits per heavy atom. The Kier molecular flexibility index (Phi) is 4.17. The summed E-state index contributed by atoms with van der Waals surface area (Å²) in [6, 6.07) is 7.92. The molecule has 112 valence electrons. The summed E-state index contributed by atoms with van der Waals surface area (Å²) in [5.41, 5.74) is 4.99. The molecule has 0 saturated carbocycles. The molecule has 1 aromatic carbocycles. The monoisotopic (exact) mass is 330 g/mol. The minimum Gasteiger partial charge on any atom is -0.345 e. The van der Waals surface area contributed by atoms with E-state index in [1.54, 1.807) is 5.51 Å². The molecule has 1 amide bonds. The molecule has 0 aliphatic heterocycles. The van der Waals surface area contributed by atoms with Crippen molar-refractivity contribution in [3.05, 3.63) is 52.1 Å². The van der Waals surface area contributed by atoms with Crippen LogP contribution in [0.15, 0.2) is 35.2 Å². The van der Waals surface area contributed by atoms with Crippen LogP contribution < -0.4 is 10.6 Å². The number of thiazole rings is 2. The van der Waals surface area contributed by atoms with Crippen molar-refractivity contribution in [3.63, 3.8) is 0 Å². The number of rotatable bonds is 4. The summed E-state index contributed by atoms with van der Waals surface area (Å²) in [5.74, 6) is -0.258. The number of hydrogen-bond donors (Lipinski definition) is 2. The Labute approximate surface area is 136 Å². The Hall–Kier alpha value is -2.25. The van der Waals surface area contributed by atoms with Crippen LogP contribution in [0.2, 0.25) is 0 Å². The van der Waals surface area contributed by atoms with E-state index in [1.165, 1.54) is 22.7 Å². The first kappa shape index (κ1) is 14.7. The molecule has 5 nitrogen and oxygen atoms in total. The van der Waals surface area contributed by atoms with Crippen LogP contribution in [0, 0.1) is 13.8 Å². The van der Waals surface area contributed by atoms with E-state index in [0.717, 1.165) is 21.9 Å². The molecule has 0 spiro atoms. The van der Waals surface area contributed by atoms with Gasteiger partial charge in [0.15, 0.2) is 10.8 Å². The molecular weight excluding hydrogens is 316 g/mol. The van der Waals surface area contributed by atoms with E-state index in [2.05, 4.69) is 20.6 Å². The summed E-state index contributed by atoms with van der Waals surface area (Å²) >= 11 is 2.80. The molecule has 2 N–H and O–H groups in total. The van der Waals surface area contributed by atoms with Crippen LogP contribution in [0.3, 0.4) is 0 Å². The van der Waals surface area contributed by atoms with E-state index in [0.29, 0.717) is 10.8 Å². The van der Waals surface area contributed by atoms with Gasteiger partial charge in [0.1, 0.15) is 5.00 Å². The molecule has 3 rings (SSSR count). The number of para-hydroxylation sites is 1. The molecule has 2 aromatic heterocycles. The Balaban J connectivity index is 1.80. The van der Waals surface area contributed by atoms with E-state index in [1.807, 2.05) is 43.5 Å². The van der Waals surface area contributed by atoms with Crippen molar-refractivity contribution in [1.29, 1.82) is 0 Å². The molecule has 0 saturated heterocycles. The fourth-order valence-corrected chi connectivity index (χ4v) is 3.27. The van der Waals surface area contributed by atoms with Crippen LogP contribution in [-0.4, -0.2) is 15.9 Å². The number of nitrogens with zero attached hydrogens (tertiary/aromatic N) is 2. The summed E-state index contributed by atoms with van der Waals surface area (Å²) < 4.78 is 0. The van der Waals surface area contributed by atoms with Crippen LogP contribution in [0.4, 0.5) is 15.8 Å². The second-order valence-electron chi connectivity index (χ2n) is 4.72. The molecule has 0 unspecified atom stereocenters. The number of anilines is 3. The smallest absolute Gasteiger partial charge is 0.279 e. The summed E-state index contributed by atoms with van der Waals surface area (Å²) in [4.78, 5) is 20.7. The average Bonchev–Trinajstić information content (AvgIpc) is 3.10. The summed E-state index contributed by atoms with van der Waals surface area (Å²) in [6.45, 7) is 3.90. The van der Waals surface area contributed by atoms with Crippen molar-refractivity contribution >= 4 is 44.4 Å². The number of hydrogen-bond acceptors (Lipinski definition) is 6. The molecule has 0 radical (unpaired) electrons. The molecule has 0 bridgehead atoms. The second-order valence-corrected chi connectivity index (χ2v) is 6.43. The van der Waals surface area contributed by atoms with Gasteiger partial charge in [0.2, 0.25) is 0 Å². The van der Waals surface area contributed by atoms with E-state index in [9.17, 15) is 4.79 Å². The van der Waals surface area contributed by atoms with Crippen molar-refractivity contribution < 1.29 is 4.79 Å². The van der Waals surface area contributed by atoms with Gasteiger partial charge in [-0.15, -0.1) is 22.7 Å². The van der Waals surface area contributed by atoms with Gasteiger partial charge in [-0.05, 0) is 25.5 Å². The maximum Gasteiger partial charge on any atom is 0.279 e. The highest BCUT2D eigenvalue weighted by Gasteiger charge is 2.17. The highest BCUT2D eigenvalue weighted by molar-refractivity contribution is 7.14. The van der Waals surface area contributed by atoms with Gasteiger partial charge < -0.3 is 5.32 Å². The van der Waals surface area contributed by atoms with Gasteiger partial charge >= 0.3 is 0 Å². The molecule has 0 aliphatic carbocycles. The minimum atomic E-state index is -0.258. The minimum absolute atomic E-state index is 0.258. The van der Waals surface area contributed by atoms with E-state index in [4.69, 9.17) is 0 Å². The van der Waals surface area contributed by atoms with Crippen molar-refractivity contribution in [2.45, 2.75) is 13.8 Å². The van der Waals surface area contributed by atoms with Gasteiger partial charge in [-0.2, -0.15) is 0 Å². The molecule has 2 heterocycles. The quantitative estimate of drug-likeness (QED) is 0.752. The topological polar surface area (TPSA) is 66.9 Å². The lowest BCUT2D eigenvalue weighted by Gasteiger charge is -2.08. The van der Waals surface area contributed by atoms with Crippen molar-refractivity contribution in [2.24, 2.45) is 0 Å². The average molecular weight is 330 g/mol. The molecule has 0 aliphatic rings. The summed E-state index contributed by atoms with van der Waals surface area (Å²) in [7, 11) is 0. The highest BCUT2D eigenvalue weighted by atomic mass is 32.1. The Morgan fingerprint density at radius 2 is 2.00 bits per heavy atom. The number of nitrogens with one attached hydrogen (secondary N) is 2.